The Hall–Kier alpha value is -1.51. The zero-order chi connectivity index (χ0) is 10.8. The van der Waals surface area contributed by atoms with Crippen molar-refractivity contribution in [2.24, 2.45) is 0 Å². The Morgan fingerprint density at radius 1 is 1.40 bits per heavy atom. The predicted molar refractivity (Wildman–Crippen MR) is 58.0 cm³/mol. The molecule has 0 aromatic heterocycles. The molecule has 1 aliphatic heterocycles. The van der Waals surface area contributed by atoms with E-state index < -0.39 is 0 Å². The molecule has 1 amide bonds. The van der Waals surface area contributed by atoms with E-state index in [2.05, 4.69) is 0 Å². The highest BCUT2D eigenvalue weighted by Crippen LogP contribution is 2.34. The number of carbonyl (C=O) groups is 1. The second-order valence-electron chi connectivity index (χ2n) is 3.96. The van der Waals surface area contributed by atoms with Crippen LogP contribution in [0.2, 0.25) is 0 Å². The number of ether oxygens (including phenoxy) is 1. The van der Waals surface area contributed by atoms with Crippen LogP contribution in [-0.2, 0) is 4.79 Å². The normalized spacial score (nSPS) is 18.9. The quantitative estimate of drug-likeness (QED) is 0.697. The van der Waals surface area contributed by atoms with Gasteiger partial charge in [-0.25, -0.2) is 0 Å². The van der Waals surface area contributed by atoms with E-state index in [1.165, 1.54) is 0 Å². The van der Waals surface area contributed by atoms with Gasteiger partial charge >= 0.3 is 0 Å². The van der Waals surface area contributed by atoms with Crippen LogP contribution >= 0.6 is 0 Å². The molecule has 1 aromatic rings. The number of amides is 1. The molecule has 3 nitrogen and oxygen atoms in total. The summed E-state index contributed by atoms with van der Waals surface area (Å²) in [5.41, 5.74) is 1.02. The summed E-state index contributed by atoms with van der Waals surface area (Å²) in [6.07, 6.45) is 0.772. The summed E-state index contributed by atoms with van der Waals surface area (Å²) >= 11 is 0. The first-order valence-corrected chi connectivity index (χ1v) is 5.13. The number of hydrogen-bond donors (Lipinski definition) is 0. The minimum Gasteiger partial charge on any atom is -0.493 e. The maximum atomic E-state index is 11.9. The molecule has 80 valence electrons. The number of nitrogens with zero attached hydrogens (tertiary/aromatic N) is 1. The highest BCUT2D eigenvalue weighted by molar-refractivity contribution is 5.84. The molecular formula is C12H15NO2. The summed E-state index contributed by atoms with van der Waals surface area (Å²) in [5.74, 6) is 0.972. The fourth-order valence-electron chi connectivity index (χ4n) is 1.91. The van der Waals surface area contributed by atoms with Crippen LogP contribution in [-0.4, -0.2) is 31.5 Å². The highest BCUT2D eigenvalue weighted by Gasteiger charge is 2.28. The molecule has 1 aliphatic rings. The number of carbonyl (C=O) groups excluding carboxylic acids is 1. The fourth-order valence-corrected chi connectivity index (χ4v) is 1.91. The first kappa shape index (κ1) is 10.0. The van der Waals surface area contributed by atoms with E-state index >= 15 is 0 Å². The Morgan fingerprint density at radius 3 is 2.87 bits per heavy atom. The Bertz CT molecular complexity index is 374. The Labute approximate surface area is 89.7 Å². The average Bonchev–Trinajstić information content (AvgIpc) is 2.27. The van der Waals surface area contributed by atoms with Gasteiger partial charge in [0.1, 0.15) is 5.75 Å². The molecule has 1 atom stereocenters. The summed E-state index contributed by atoms with van der Waals surface area (Å²) in [7, 11) is 3.58. The summed E-state index contributed by atoms with van der Waals surface area (Å²) in [4.78, 5) is 13.6. The zero-order valence-electron chi connectivity index (χ0n) is 9.06. The lowest BCUT2D eigenvalue weighted by Crippen LogP contribution is -2.31. The van der Waals surface area contributed by atoms with Crippen molar-refractivity contribution >= 4 is 5.91 Å². The van der Waals surface area contributed by atoms with Gasteiger partial charge < -0.3 is 9.64 Å². The average molecular weight is 205 g/mol. The van der Waals surface area contributed by atoms with Gasteiger partial charge in [0, 0.05) is 19.7 Å². The third kappa shape index (κ3) is 1.82. The molecule has 0 radical (unpaired) electrons. The highest BCUT2D eigenvalue weighted by atomic mass is 16.5. The van der Waals surface area contributed by atoms with Crippen LogP contribution < -0.4 is 4.74 Å². The number of rotatable bonds is 1. The van der Waals surface area contributed by atoms with Crippen LogP contribution in [0.25, 0.3) is 0 Å². The third-order valence-corrected chi connectivity index (χ3v) is 2.70. The van der Waals surface area contributed by atoms with Crippen molar-refractivity contribution in [2.45, 2.75) is 12.3 Å². The van der Waals surface area contributed by atoms with Crippen molar-refractivity contribution in [1.82, 2.24) is 4.90 Å². The van der Waals surface area contributed by atoms with Crippen molar-refractivity contribution in [3.05, 3.63) is 29.8 Å². The van der Waals surface area contributed by atoms with Crippen LogP contribution in [0.5, 0.6) is 5.75 Å². The summed E-state index contributed by atoms with van der Waals surface area (Å²) < 4.78 is 5.51. The molecule has 0 spiro atoms. The van der Waals surface area contributed by atoms with Crippen LogP contribution in [0.4, 0.5) is 0 Å². The Morgan fingerprint density at radius 2 is 2.13 bits per heavy atom. The minimum absolute atomic E-state index is 0.0371. The van der Waals surface area contributed by atoms with E-state index in [0.29, 0.717) is 6.61 Å². The van der Waals surface area contributed by atoms with Crippen LogP contribution in [0.1, 0.15) is 17.9 Å². The molecule has 0 saturated heterocycles. The van der Waals surface area contributed by atoms with Crippen molar-refractivity contribution < 1.29 is 9.53 Å². The lowest BCUT2D eigenvalue weighted by Gasteiger charge is -2.27. The molecule has 0 bridgehead atoms. The van der Waals surface area contributed by atoms with E-state index in [1.54, 1.807) is 19.0 Å². The first-order chi connectivity index (χ1) is 7.20. The molecule has 0 aliphatic carbocycles. The topological polar surface area (TPSA) is 29.5 Å². The van der Waals surface area contributed by atoms with Crippen molar-refractivity contribution in [2.75, 3.05) is 20.7 Å². The van der Waals surface area contributed by atoms with E-state index in [4.69, 9.17) is 4.74 Å². The lowest BCUT2D eigenvalue weighted by atomic mass is 9.92. The van der Waals surface area contributed by atoms with Crippen LogP contribution in [0, 0.1) is 0 Å². The summed E-state index contributed by atoms with van der Waals surface area (Å²) in [5, 5.41) is 0. The van der Waals surface area contributed by atoms with E-state index in [-0.39, 0.29) is 11.8 Å². The van der Waals surface area contributed by atoms with Gasteiger partial charge in [0.05, 0.1) is 12.5 Å². The van der Waals surface area contributed by atoms with Gasteiger partial charge in [0.25, 0.3) is 0 Å². The van der Waals surface area contributed by atoms with Crippen molar-refractivity contribution in [1.29, 1.82) is 0 Å². The SMILES string of the molecule is CN(C)C(=O)C1CCOc2ccccc21. The molecular weight excluding hydrogens is 190 g/mol. The van der Waals surface area contributed by atoms with Gasteiger partial charge in [0.15, 0.2) is 0 Å². The first-order valence-electron chi connectivity index (χ1n) is 5.13. The number of para-hydroxylation sites is 1. The van der Waals surface area contributed by atoms with Gasteiger partial charge in [0.2, 0.25) is 5.91 Å². The monoisotopic (exact) mass is 205 g/mol. The molecule has 0 fully saturated rings. The Balaban J connectivity index is 2.34. The summed E-state index contributed by atoms with van der Waals surface area (Å²) in [6.45, 7) is 0.626. The smallest absolute Gasteiger partial charge is 0.229 e. The Kier molecular flexibility index (Phi) is 2.62. The third-order valence-electron chi connectivity index (χ3n) is 2.70. The molecule has 3 heteroatoms. The summed E-state index contributed by atoms with van der Waals surface area (Å²) in [6, 6.07) is 7.77. The molecule has 0 saturated carbocycles. The van der Waals surface area contributed by atoms with Gasteiger partial charge in [-0.1, -0.05) is 18.2 Å². The molecule has 15 heavy (non-hydrogen) atoms. The number of likely N-dealkylation sites (N-methyl/N-ethyl adjacent to an activating group) is 1. The number of fused-ring (bicyclic) bond motifs is 1. The minimum atomic E-state index is -0.0371. The standard InChI is InChI=1S/C12H15NO2/c1-13(2)12(14)10-7-8-15-11-6-4-3-5-9(10)11/h3-6,10H,7-8H2,1-2H3. The molecule has 2 rings (SSSR count). The van der Waals surface area contributed by atoms with Gasteiger partial charge in [-0.05, 0) is 12.5 Å². The van der Waals surface area contributed by atoms with Crippen LogP contribution in [0.3, 0.4) is 0 Å². The van der Waals surface area contributed by atoms with Crippen molar-refractivity contribution in [3.63, 3.8) is 0 Å². The van der Waals surface area contributed by atoms with Gasteiger partial charge in [-0.3, -0.25) is 4.79 Å². The molecule has 1 unspecified atom stereocenters. The van der Waals surface area contributed by atoms with E-state index in [1.807, 2.05) is 24.3 Å². The second kappa shape index (κ2) is 3.93. The van der Waals surface area contributed by atoms with Crippen LogP contribution in [0.15, 0.2) is 24.3 Å². The molecule has 1 aromatic carbocycles. The van der Waals surface area contributed by atoms with Gasteiger partial charge in [-0.2, -0.15) is 0 Å². The second-order valence-corrected chi connectivity index (χ2v) is 3.96. The van der Waals surface area contributed by atoms with E-state index in [9.17, 15) is 4.79 Å². The largest absolute Gasteiger partial charge is 0.493 e. The van der Waals surface area contributed by atoms with E-state index in [0.717, 1.165) is 17.7 Å². The maximum absolute atomic E-state index is 11.9. The number of hydrogen-bond acceptors (Lipinski definition) is 2. The van der Waals surface area contributed by atoms with Gasteiger partial charge in [-0.15, -0.1) is 0 Å². The fraction of sp³-hybridized carbons (Fsp3) is 0.417. The predicted octanol–water partition coefficient (Wildman–Crippen LogP) is 1.64. The van der Waals surface area contributed by atoms with Crippen molar-refractivity contribution in [3.8, 4) is 5.75 Å². The molecule has 0 N–H and O–H groups in total. The zero-order valence-corrected chi connectivity index (χ0v) is 9.06. The molecule has 1 heterocycles. The maximum Gasteiger partial charge on any atom is 0.229 e. The lowest BCUT2D eigenvalue weighted by molar-refractivity contribution is -0.130. The number of benzene rings is 1.